The molecule has 2 nitrogen and oxygen atoms in total. The number of hydrogen-bond donors (Lipinski definition) is 1. The molecule has 0 saturated carbocycles. The largest absolute Gasteiger partial charge is 0.334 e. The molecule has 2 aromatic rings. The molecule has 0 bridgehead atoms. The molecule has 2 N–H and O–H groups in total. The molecule has 2 rings (SSSR count). The van der Waals surface area contributed by atoms with Crippen molar-refractivity contribution in [3.8, 4) is 0 Å². The predicted molar refractivity (Wildman–Crippen MR) is 65.7 cm³/mol. The summed E-state index contributed by atoms with van der Waals surface area (Å²) >= 11 is 12.2. The summed E-state index contributed by atoms with van der Waals surface area (Å²) in [5.41, 5.74) is 7.72. The van der Waals surface area contributed by atoms with E-state index in [4.69, 9.17) is 28.9 Å². The van der Waals surface area contributed by atoms with E-state index in [1.165, 1.54) is 0 Å². The highest BCUT2D eigenvalue weighted by atomic mass is 35.5. The maximum atomic E-state index is 6.23. The summed E-state index contributed by atoms with van der Waals surface area (Å²) in [5, 5.41) is 2.61. The number of halogens is 2. The molecule has 0 saturated heterocycles. The molecule has 0 aliphatic rings. The van der Waals surface area contributed by atoms with Crippen LogP contribution in [0.2, 0.25) is 10.2 Å². The van der Waals surface area contributed by atoms with E-state index in [2.05, 4.69) is 0 Å². The average molecular weight is 243 g/mol. The van der Waals surface area contributed by atoms with Gasteiger partial charge in [-0.1, -0.05) is 29.3 Å². The van der Waals surface area contributed by atoms with Crippen molar-refractivity contribution in [1.29, 1.82) is 0 Å². The molecule has 4 heteroatoms. The third kappa shape index (κ3) is 1.73. The molecule has 0 atom stereocenters. The molecule has 1 aromatic heterocycles. The third-order valence-corrected chi connectivity index (χ3v) is 3.30. The van der Waals surface area contributed by atoms with Crippen molar-refractivity contribution in [1.82, 2.24) is 4.57 Å². The van der Waals surface area contributed by atoms with Crippen LogP contribution in [0.25, 0.3) is 10.9 Å². The highest BCUT2D eigenvalue weighted by Crippen LogP contribution is 2.30. The Bertz CT molecular complexity index is 503. The van der Waals surface area contributed by atoms with Crippen molar-refractivity contribution in [3.05, 3.63) is 33.9 Å². The lowest BCUT2D eigenvalue weighted by molar-refractivity contribution is 0.930. The minimum absolute atomic E-state index is 0.599. The zero-order chi connectivity index (χ0) is 11.0. The Labute approximate surface area is 98.6 Å². The quantitative estimate of drug-likeness (QED) is 0.863. The molecule has 0 unspecified atom stereocenters. The molecular weight excluding hydrogens is 231 g/mol. The molecule has 0 amide bonds. The van der Waals surface area contributed by atoms with Crippen LogP contribution in [-0.4, -0.2) is 11.1 Å². The lowest BCUT2D eigenvalue weighted by Crippen LogP contribution is -2.02. The lowest BCUT2D eigenvalue weighted by atomic mass is 10.1. The fourth-order valence-corrected chi connectivity index (χ4v) is 2.29. The highest BCUT2D eigenvalue weighted by molar-refractivity contribution is 6.33. The second-order valence-corrected chi connectivity index (χ2v) is 4.32. The summed E-state index contributed by atoms with van der Waals surface area (Å²) in [6, 6.07) is 5.79. The highest BCUT2D eigenvalue weighted by Gasteiger charge is 2.12. The van der Waals surface area contributed by atoms with Gasteiger partial charge in [0.25, 0.3) is 0 Å². The predicted octanol–water partition coefficient (Wildman–Crippen LogP) is 2.99. The number of aryl methyl sites for hydroxylation is 1. The Morgan fingerprint density at radius 2 is 2.07 bits per heavy atom. The standard InChI is InChI=1S/C11H12Cl2N2/c1-15-10-6-7(12)2-3-8(10)9(4-5-14)11(15)13/h2-3,6H,4-5,14H2,1H3. The van der Waals surface area contributed by atoms with E-state index in [9.17, 15) is 0 Å². The first-order valence-corrected chi connectivity index (χ1v) is 5.53. The van der Waals surface area contributed by atoms with Gasteiger partial charge in [0, 0.05) is 17.5 Å². The minimum Gasteiger partial charge on any atom is -0.334 e. The topological polar surface area (TPSA) is 30.9 Å². The number of aromatic nitrogens is 1. The summed E-state index contributed by atoms with van der Waals surface area (Å²) < 4.78 is 1.94. The van der Waals surface area contributed by atoms with Crippen LogP contribution in [0.4, 0.5) is 0 Å². The second-order valence-electron chi connectivity index (χ2n) is 3.53. The van der Waals surface area contributed by atoms with Crippen LogP contribution in [0, 0.1) is 0 Å². The Hall–Kier alpha value is -0.700. The molecule has 0 spiro atoms. The van der Waals surface area contributed by atoms with E-state index >= 15 is 0 Å². The Kier molecular flexibility index (Phi) is 2.91. The number of fused-ring (bicyclic) bond motifs is 1. The van der Waals surface area contributed by atoms with Crippen LogP contribution in [0.1, 0.15) is 5.56 Å². The van der Waals surface area contributed by atoms with Crippen molar-refractivity contribution in [2.24, 2.45) is 12.8 Å². The molecule has 15 heavy (non-hydrogen) atoms. The van der Waals surface area contributed by atoms with E-state index < -0.39 is 0 Å². The van der Waals surface area contributed by atoms with Crippen molar-refractivity contribution in [2.75, 3.05) is 6.54 Å². The molecule has 0 aliphatic heterocycles. The number of rotatable bonds is 2. The van der Waals surface area contributed by atoms with Crippen LogP contribution in [-0.2, 0) is 13.5 Å². The number of nitrogens with zero attached hydrogens (tertiary/aromatic N) is 1. The fraction of sp³-hybridized carbons (Fsp3) is 0.273. The fourth-order valence-electron chi connectivity index (χ4n) is 1.84. The van der Waals surface area contributed by atoms with Crippen LogP contribution < -0.4 is 5.73 Å². The monoisotopic (exact) mass is 242 g/mol. The van der Waals surface area contributed by atoms with Gasteiger partial charge in [-0.05, 0) is 30.7 Å². The Morgan fingerprint density at radius 1 is 1.33 bits per heavy atom. The summed E-state index contributed by atoms with van der Waals surface area (Å²) in [7, 11) is 1.93. The first-order valence-electron chi connectivity index (χ1n) is 4.77. The Morgan fingerprint density at radius 3 is 2.73 bits per heavy atom. The second kappa shape index (κ2) is 4.05. The van der Waals surface area contributed by atoms with Gasteiger partial charge in [-0.25, -0.2) is 0 Å². The minimum atomic E-state index is 0.599. The van der Waals surface area contributed by atoms with E-state index in [-0.39, 0.29) is 0 Å². The van der Waals surface area contributed by atoms with Gasteiger partial charge in [0.1, 0.15) is 5.15 Å². The van der Waals surface area contributed by atoms with Gasteiger partial charge < -0.3 is 10.3 Å². The SMILES string of the molecule is Cn1c(Cl)c(CCN)c2ccc(Cl)cc21. The molecule has 0 radical (unpaired) electrons. The summed E-state index contributed by atoms with van der Waals surface area (Å²) in [6.07, 6.45) is 0.789. The van der Waals surface area contributed by atoms with E-state index in [0.29, 0.717) is 6.54 Å². The van der Waals surface area contributed by atoms with Gasteiger partial charge in [0.2, 0.25) is 0 Å². The van der Waals surface area contributed by atoms with Gasteiger partial charge >= 0.3 is 0 Å². The van der Waals surface area contributed by atoms with Crippen LogP contribution in [0.3, 0.4) is 0 Å². The summed E-state index contributed by atoms with van der Waals surface area (Å²) in [5.74, 6) is 0. The zero-order valence-electron chi connectivity index (χ0n) is 8.43. The van der Waals surface area contributed by atoms with Gasteiger partial charge in [-0.2, -0.15) is 0 Å². The van der Waals surface area contributed by atoms with Gasteiger partial charge in [0.15, 0.2) is 0 Å². The molecule has 1 heterocycles. The number of hydrogen-bond acceptors (Lipinski definition) is 1. The van der Waals surface area contributed by atoms with Crippen molar-refractivity contribution >= 4 is 34.1 Å². The molecule has 0 fully saturated rings. The van der Waals surface area contributed by atoms with Crippen LogP contribution in [0.5, 0.6) is 0 Å². The smallest absolute Gasteiger partial charge is 0.113 e. The van der Waals surface area contributed by atoms with Gasteiger partial charge in [0.05, 0.1) is 5.52 Å². The molecule has 0 aliphatic carbocycles. The first kappa shape index (κ1) is 10.8. The average Bonchev–Trinajstić information content (AvgIpc) is 2.44. The van der Waals surface area contributed by atoms with Crippen molar-refractivity contribution < 1.29 is 0 Å². The molecular formula is C11H12Cl2N2. The van der Waals surface area contributed by atoms with Crippen LogP contribution >= 0.6 is 23.2 Å². The van der Waals surface area contributed by atoms with E-state index in [1.54, 1.807) is 0 Å². The number of nitrogens with two attached hydrogens (primary N) is 1. The number of benzene rings is 1. The maximum absolute atomic E-state index is 6.23. The van der Waals surface area contributed by atoms with Crippen molar-refractivity contribution in [3.63, 3.8) is 0 Å². The molecule has 80 valence electrons. The first-order chi connectivity index (χ1) is 7.15. The maximum Gasteiger partial charge on any atom is 0.113 e. The third-order valence-electron chi connectivity index (χ3n) is 2.58. The van der Waals surface area contributed by atoms with E-state index in [1.807, 2.05) is 29.8 Å². The van der Waals surface area contributed by atoms with Gasteiger partial charge in [-0.3, -0.25) is 0 Å². The normalized spacial score (nSPS) is 11.2. The summed E-state index contributed by atoms with van der Waals surface area (Å²) in [4.78, 5) is 0. The summed E-state index contributed by atoms with van der Waals surface area (Å²) in [6.45, 7) is 0.599. The Balaban J connectivity index is 2.75. The van der Waals surface area contributed by atoms with Crippen molar-refractivity contribution in [2.45, 2.75) is 6.42 Å². The van der Waals surface area contributed by atoms with Gasteiger partial charge in [-0.15, -0.1) is 0 Å². The lowest BCUT2D eigenvalue weighted by Gasteiger charge is -1.97. The van der Waals surface area contributed by atoms with Crippen LogP contribution in [0.15, 0.2) is 18.2 Å². The zero-order valence-corrected chi connectivity index (χ0v) is 9.94. The van der Waals surface area contributed by atoms with E-state index in [0.717, 1.165) is 33.1 Å². The molecule has 1 aromatic carbocycles.